The number of benzene rings is 3. The summed E-state index contributed by atoms with van der Waals surface area (Å²) >= 11 is 0. The highest BCUT2D eigenvalue weighted by Crippen LogP contribution is 2.25. The maximum atomic E-state index is 5.98. The van der Waals surface area contributed by atoms with E-state index in [1.807, 2.05) is 54.6 Å². The molecule has 0 bridgehead atoms. The molecular weight excluding hydrogens is 287 g/mol. The normalized spacial score (nSPS) is 17.6. The van der Waals surface area contributed by atoms with Gasteiger partial charge in [-0.05, 0) is 16.9 Å². The Kier molecular flexibility index (Phi) is 4.01. The molecule has 1 aliphatic rings. The SMILES string of the molecule is c1ccc(B2OC[C@@H](COc3cccc4ccccc34)O2)cc1. The lowest BCUT2D eigenvalue weighted by molar-refractivity contribution is 0.149. The van der Waals surface area contributed by atoms with Crippen molar-refractivity contribution in [2.45, 2.75) is 6.10 Å². The number of hydrogen-bond donors (Lipinski definition) is 0. The van der Waals surface area contributed by atoms with Crippen LogP contribution in [0.25, 0.3) is 10.8 Å². The molecule has 114 valence electrons. The third-order valence-corrected chi connectivity index (χ3v) is 4.00. The molecular formula is C19H17BO3. The molecule has 0 spiro atoms. The second kappa shape index (κ2) is 6.45. The van der Waals surface area contributed by atoms with Crippen LogP contribution in [0.2, 0.25) is 0 Å². The van der Waals surface area contributed by atoms with E-state index in [9.17, 15) is 0 Å². The summed E-state index contributed by atoms with van der Waals surface area (Å²) in [6.45, 7) is 1.03. The molecule has 0 aromatic heterocycles. The highest BCUT2D eigenvalue weighted by atomic mass is 16.7. The third kappa shape index (κ3) is 3.09. The van der Waals surface area contributed by atoms with E-state index < -0.39 is 0 Å². The highest BCUT2D eigenvalue weighted by molar-refractivity contribution is 6.61. The van der Waals surface area contributed by atoms with Crippen molar-refractivity contribution in [3.05, 3.63) is 72.8 Å². The van der Waals surface area contributed by atoms with Crippen molar-refractivity contribution >= 4 is 23.4 Å². The van der Waals surface area contributed by atoms with Gasteiger partial charge in [0, 0.05) is 5.39 Å². The van der Waals surface area contributed by atoms with Gasteiger partial charge in [0.1, 0.15) is 12.4 Å². The second-order valence-corrected chi connectivity index (χ2v) is 5.62. The second-order valence-electron chi connectivity index (χ2n) is 5.62. The monoisotopic (exact) mass is 304 g/mol. The molecule has 1 fully saturated rings. The standard InChI is InChI=1S/C19H17BO3/c1-2-9-16(10-3-1)20-22-14-17(23-20)13-21-19-12-6-8-15-7-4-5-11-18(15)19/h1-12,17H,13-14H2/t17-/m1/s1. The van der Waals surface area contributed by atoms with Gasteiger partial charge in [-0.3, -0.25) is 0 Å². The first-order valence-electron chi connectivity index (χ1n) is 7.83. The maximum Gasteiger partial charge on any atom is 0.494 e. The Morgan fingerprint density at radius 3 is 2.61 bits per heavy atom. The first kappa shape index (κ1) is 14.3. The van der Waals surface area contributed by atoms with E-state index in [2.05, 4.69) is 18.2 Å². The van der Waals surface area contributed by atoms with Crippen LogP contribution in [0, 0.1) is 0 Å². The zero-order valence-corrected chi connectivity index (χ0v) is 12.7. The van der Waals surface area contributed by atoms with Crippen molar-refractivity contribution < 1.29 is 14.0 Å². The van der Waals surface area contributed by atoms with Crippen LogP contribution in [-0.4, -0.2) is 26.4 Å². The summed E-state index contributed by atoms with van der Waals surface area (Å²) in [7, 11) is -0.294. The smallest absolute Gasteiger partial charge is 0.490 e. The minimum atomic E-state index is -0.294. The Morgan fingerprint density at radius 1 is 0.913 bits per heavy atom. The van der Waals surface area contributed by atoms with Crippen LogP contribution in [0.4, 0.5) is 0 Å². The summed E-state index contributed by atoms with van der Waals surface area (Å²) in [5, 5.41) is 2.30. The molecule has 3 nitrogen and oxygen atoms in total. The lowest BCUT2D eigenvalue weighted by Crippen LogP contribution is -2.33. The van der Waals surface area contributed by atoms with Gasteiger partial charge in [-0.1, -0.05) is 66.7 Å². The fourth-order valence-corrected chi connectivity index (χ4v) is 2.82. The van der Waals surface area contributed by atoms with Gasteiger partial charge in [0.2, 0.25) is 0 Å². The van der Waals surface area contributed by atoms with Gasteiger partial charge >= 0.3 is 7.12 Å². The Bertz CT molecular complexity index is 785. The quantitative estimate of drug-likeness (QED) is 0.693. The van der Waals surface area contributed by atoms with Gasteiger partial charge in [-0.2, -0.15) is 0 Å². The fraction of sp³-hybridized carbons (Fsp3) is 0.158. The largest absolute Gasteiger partial charge is 0.494 e. The molecule has 1 aliphatic heterocycles. The van der Waals surface area contributed by atoms with Crippen molar-refractivity contribution in [2.75, 3.05) is 13.2 Å². The van der Waals surface area contributed by atoms with E-state index in [0.717, 1.165) is 16.6 Å². The van der Waals surface area contributed by atoms with E-state index in [-0.39, 0.29) is 13.2 Å². The Balaban J connectivity index is 1.42. The van der Waals surface area contributed by atoms with Crippen molar-refractivity contribution in [2.24, 2.45) is 0 Å². The zero-order chi connectivity index (χ0) is 15.5. The van der Waals surface area contributed by atoms with E-state index in [0.29, 0.717) is 13.2 Å². The summed E-state index contributed by atoms with van der Waals surface area (Å²) in [6, 6.07) is 24.3. The van der Waals surface area contributed by atoms with Gasteiger partial charge in [0.05, 0.1) is 12.7 Å². The lowest BCUT2D eigenvalue weighted by atomic mass is 9.79. The molecule has 4 heteroatoms. The van der Waals surface area contributed by atoms with Gasteiger partial charge < -0.3 is 14.0 Å². The molecule has 1 heterocycles. The summed E-state index contributed by atoms with van der Waals surface area (Å²) in [6.07, 6.45) is -0.0563. The van der Waals surface area contributed by atoms with Crippen molar-refractivity contribution in [1.29, 1.82) is 0 Å². The van der Waals surface area contributed by atoms with Crippen LogP contribution in [0.15, 0.2) is 72.8 Å². The van der Waals surface area contributed by atoms with Crippen molar-refractivity contribution in [3.8, 4) is 5.75 Å². The average Bonchev–Trinajstić information content (AvgIpc) is 3.10. The van der Waals surface area contributed by atoms with Crippen LogP contribution >= 0.6 is 0 Å². The van der Waals surface area contributed by atoms with Gasteiger partial charge in [-0.25, -0.2) is 0 Å². The minimum Gasteiger partial charge on any atom is -0.490 e. The molecule has 0 amide bonds. The molecule has 23 heavy (non-hydrogen) atoms. The summed E-state index contributed by atoms with van der Waals surface area (Å²) in [4.78, 5) is 0. The fourth-order valence-electron chi connectivity index (χ4n) is 2.82. The minimum absolute atomic E-state index is 0.0563. The molecule has 3 aromatic rings. The third-order valence-electron chi connectivity index (χ3n) is 4.00. The van der Waals surface area contributed by atoms with E-state index in [1.54, 1.807) is 0 Å². The molecule has 0 unspecified atom stereocenters. The van der Waals surface area contributed by atoms with E-state index in [4.69, 9.17) is 14.0 Å². The predicted molar refractivity (Wildman–Crippen MR) is 92.1 cm³/mol. The van der Waals surface area contributed by atoms with Gasteiger partial charge in [0.15, 0.2) is 0 Å². The van der Waals surface area contributed by atoms with E-state index in [1.165, 1.54) is 5.39 Å². The number of fused-ring (bicyclic) bond motifs is 1. The molecule has 0 aliphatic carbocycles. The molecule has 4 rings (SSSR count). The van der Waals surface area contributed by atoms with Crippen molar-refractivity contribution in [1.82, 2.24) is 0 Å². The number of rotatable bonds is 4. The van der Waals surface area contributed by atoms with E-state index >= 15 is 0 Å². The maximum absolute atomic E-state index is 5.98. The molecule has 0 N–H and O–H groups in total. The van der Waals surface area contributed by atoms with Gasteiger partial charge in [0.25, 0.3) is 0 Å². The number of hydrogen-bond acceptors (Lipinski definition) is 3. The summed E-state index contributed by atoms with van der Waals surface area (Å²) < 4.78 is 17.6. The predicted octanol–water partition coefficient (Wildman–Crippen LogP) is 3.03. The molecule has 0 saturated carbocycles. The summed E-state index contributed by atoms with van der Waals surface area (Å²) in [5.41, 5.74) is 1.04. The number of ether oxygens (including phenoxy) is 1. The Labute approximate surface area is 135 Å². The zero-order valence-electron chi connectivity index (χ0n) is 12.7. The molecule has 1 saturated heterocycles. The molecule has 0 radical (unpaired) electrons. The Hall–Kier alpha value is -2.30. The lowest BCUT2D eigenvalue weighted by Gasteiger charge is -2.13. The van der Waals surface area contributed by atoms with Crippen molar-refractivity contribution in [3.63, 3.8) is 0 Å². The summed E-state index contributed by atoms with van der Waals surface area (Å²) in [5.74, 6) is 0.884. The molecule has 3 aromatic carbocycles. The average molecular weight is 304 g/mol. The van der Waals surface area contributed by atoms with Crippen LogP contribution in [0.5, 0.6) is 5.75 Å². The topological polar surface area (TPSA) is 27.7 Å². The van der Waals surface area contributed by atoms with Gasteiger partial charge in [-0.15, -0.1) is 0 Å². The van der Waals surface area contributed by atoms with Crippen LogP contribution in [0.3, 0.4) is 0 Å². The van der Waals surface area contributed by atoms with Crippen LogP contribution < -0.4 is 10.2 Å². The first-order chi connectivity index (χ1) is 11.4. The highest BCUT2D eigenvalue weighted by Gasteiger charge is 2.33. The Morgan fingerprint density at radius 2 is 1.70 bits per heavy atom. The first-order valence-corrected chi connectivity index (χ1v) is 7.83. The molecule has 1 atom stereocenters. The van der Waals surface area contributed by atoms with Crippen LogP contribution in [-0.2, 0) is 9.31 Å². The van der Waals surface area contributed by atoms with Crippen LogP contribution in [0.1, 0.15) is 0 Å².